The minimum absolute atomic E-state index is 0.177. The number of hydrogen-bond donors (Lipinski definition) is 1. The first-order chi connectivity index (χ1) is 14.0. The molecule has 0 unspecified atom stereocenters. The van der Waals surface area contributed by atoms with Crippen LogP contribution in [0.5, 0.6) is 0 Å². The van der Waals surface area contributed by atoms with Crippen molar-refractivity contribution in [2.24, 2.45) is 0 Å². The molecule has 4 nitrogen and oxygen atoms in total. The van der Waals surface area contributed by atoms with Crippen LogP contribution in [-0.2, 0) is 11.2 Å². The highest BCUT2D eigenvalue weighted by molar-refractivity contribution is 6.02. The minimum atomic E-state index is -0.255. The fourth-order valence-corrected chi connectivity index (χ4v) is 4.42. The molecule has 0 bridgehead atoms. The second-order valence-corrected chi connectivity index (χ2v) is 8.08. The molecule has 1 fully saturated rings. The molecule has 3 rings (SSSR count). The van der Waals surface area contributed by atoms with Crippen molar-refractivity contribution < 1.29 is 4.79 Å². The number of carbonyl (C=O) groups excluding carboxylic acids is 1. The van der Waals surface area contributed by atoms with Crippen molar-refractivity contribution in [3.8, 4) is 11.8 Å². The van der Waals surface area contributed by atoms with E-state index < -0.39 is 0 Å². The van der Waals surface area contributed by atoms with Gasteiger partial charge in [-0.2, -0.15) is 5.26 Å². The third-order valence-electron chi connectivity index (χ3n) is 6.00. The van der Waals surface area contributed by atoms with E-state index in [2.05, 4.69) is 67.9 Å². The van der Waals surface area contributed by atoms with Crippen LogP contribution < -0.4 is 5.32 Å². The van der Waals surface area contributed by atoms with Gasteiger partial charge in [-0.3, -0.25) is 4.79 Å². The van der Waals surface area contributed by atoms with Gasteiger partial charge in [0.25, 0.3) is 5.91 Å². The van der Waals surface area contributed by atoms with E-state index >= 15 is 0 Å². The zero-order chi connectivity index (χ0) is 21.0. The molecule has 0 spiro atoms. The smallest absolute Gasteiger partial charge is 0.262 e. The van der Waals surface area contributed by atoms with E-state index in [1.807, 2.05) is 0 Å². The van der Waals surface area contributed by atoms with Crippen LogP contribution in [0.3, 0.4) is 0 Å². The molecule has 1 aliphatic rings. The van der Waals surface area contributed by atoms with E-state index in [9.17, 15) is 10.1 Å². The van der Waals surface area contributed by atoms with Crippen LogP contribution in [0, 0.1) is 32.1 Å². The van der Waals surface area contributed by atoms with Gasteiger partial charge in [0.2, 0.25) is 0 Å². The first-order valence-electron chi connectivity index (χ1n) is 10.7. The third-order valence-corrected chi connectivity index (χ3v) is 6.00. The Bertz CT molecular complexity index is 969. The van der Waals surface area contributed by atoms with E-state index in [4.69, 9.17) is 0 Å². The van der Waals surface area contributed by atoms with Gasteiger partial charge in [-0.15, -0.1) is 0 Å². The van der Waals surface area contributed by atoms with Crippen LogP contribution in [0.15, 0.2) is 29.8 Å². The Morgan fingerprint density at radius 2 is 1.97 bits per heavy atom. The van der Waals surface area contributed by atoms with Gasteiger partial charge in [-0.05, 0) is 68.9 Å². The quantitative estimate of drug-likeness (QED) is 0.556. The average molecular weight is 390 g/mol. The van der Waals surface area contributed by atoms with E-state index in [-0.39, 0.29) is 17.5 Å². The van der Waals surface area contributed by atoms with Gasteiger partial charge in [-0.1, -0.05) is 44.4 Å². The summed E-state index contributed by atoms with van der Waals surface area (Å²) in [5.41, 5.74) is 6.96. The summed E-state index contributed by atoms with van der Waals surface area (Å²) in [6.45, 7) is 8.42. The molecule has 1 N–H and O–H groups in total. The first-order valence-corrected chi connectivity index (χ1v) is 10.7. The highest BCUT2D eigenvalue weighted by Crippen LogP contribution is 2.28. The number of hydrogen-bond acceptors (Lipinski definition) is 2. The van der Waals surface area contributed by atoms with E-state index in [0.717, 1.165) is 49.1 Å². The molecule has 4 heteroatoms. The molecular weight excluding hydrogens is 358 g/mol. The second-order valence-electron chi connectivity index (χ2n) is 8.08. The molecular formula is C25H31N3O. The molecule has 29 heavy (non-hydrogen) atoms. The Kier molecular flexibility index (Phi) is 6.59. The van der Waals surface area contributed by atoms with Crippen molar-refractivity contribution in [3.63, 3.8) is 0 Å². The lowest BCUT2D eigenvalue weighted by atomic mass is 9.95. The molecule has 0 radical (unpaired) electrons. The van der Waals surface area contributed by atoms with E-state index in [0.29, 0.717) is 0 Å². The lowest BCUT2D eigenvalue weighted by Crippen LogP contribution is -2.36. The summed E-state index contributed by atoms with van der Waals surface area (Å²) >= 11 is 0. The molecule has 0 saturated heterocycles. The number of nitrogens with one attached hydrogen (secondary N) is 1. The van der Waals surface area contributed by atoms with Gasteiger partial charge >= 0.3 is 0 Å². The molecule has 152 valence electrons. The highest BCUT2D eigenvalue weighted by atomic mass is 16.1. The number of aryl methyl sites for hydroxylation is 3. The lowest BCUT2D eigenvalue weighted by Gasteiger charge is -2.22. The van der Waals surface area contributed by atoms with Gasteiger partial charge < -0.3 is 9.88 Å². The number of carbonyl (C=O) groups is 1. The molecule has 1 aromatic carbocycles. The molecule has 1 aliphatic carbocycles. The zero-order valence-electron chi connectivity index (χ0n) is 18.0. The number of para-hydroxylation sites is 1. The van der Waals surface area contributed by atoms with Crippen molar-refractivity contribution >= 4 is 12.0 Å². The van der Waals surface area contributed by atoms with Crippen molar-refractivity contribution in [2.45, 2.75) is 72.3 Å². The summed E-state index contributed by atoms with van der Waals surface area (Å²) in [4.78, 5) is 12.7. The number of nitrogens with zero attached hydrogens (tertiary/aromatic N) is 2. The summed E-state index contributed by atoms with van der Waals surface area (Å²) in [5.74, 6) is -0.255. The van der Waals surface area contributed by atoms with Gasteiger partial charge in [-0.25, -0.2) is 0 Å². The zero-order valence-corrected chi connectivity index (χ0v) is 18.0. The van der Waals surface area contributed by atoms with Crippen molar-refractivity contribution in [3.05, 3.63) is 57.9 Å². The molecule has 1 aromatic heterocycles. The van der Waals surface area contributed by atoms with Crippen LogP contribution in [0.2, 0.25) is 0 Å². The number of aromatic nitrogens is 1. The molecule has 1 saturated carbocycles. The van der Waals surface area contributed by atoms with Gasteiger partial charge in [0, 0.05) is 17.4 Å². The predicted molar refractivity (Wildman–Crippen MR) is 118 cm³/mol. The predicted octanol–water partition coefficient (Wildman–Crippen LogP) is 5.32. The number of rotatable bonds is 5. The highest BCUT2D eigenvalue weighted by Gasteiger charge is 2.19. The topological polar surface area (TPSA) is 57.8 Å². The maximum atomic E-state index is 12.7. The standard InChI is InChI=1S/C25H31N3O/c1-5-20-11-9-10-17(2)24(20)28-18(3)14-21(19(28)4)15-22(16-26)25(29)27-23-12-7-6-8-13-23/h9-11,14-15,23H,5-8,12-13H2,1-4H3,(H,27,29)/b22-15-. The van der Waals surface area contributed by atoms with Crippen molar-refractivity contribution in [1.29, 1.82) is 5.26 Å². The second kappa shape index (κ2) is 9.13. The van der Waals surface area contributed by atoms with E-state index in [1.54, 1.807) is 6.08 Å². The number of benzene rings is 1. The molecule has 2 aromatic rings. The van der Waals surface area contributed by atoms with E-state index in [1.165, 1.54) is 23.2 Å². The minimum Gasteiger partial charge on any atom is -0.349 e. The van der Waals surface area contributed by atoms with Crippen molar-refractivity contribution in [2.75, 3.05) is 0 Å². The molecule has 0 aliphatic heterocycles. The van der Waals surface area contributed by atoms with Gasteiger partial charge in [0.05, 0.1) is 5.69 Å². The largest absolute Gasteiger partial charge is 0.349 e. The van der Waals surface area contributed by atoms with Crippen LogP contribution >= 0.6 is 0 Å². The molecule has 1 heterocycles. The van der Waals surface area contributed by atoms with Crippen LogP contribution in [-0.4, -0.2) is 16.5 Å². The maximum Gasteiger partial charge on any atom is 0.262 e. The van der Waals surface area contributed by atoms with Crippen molar-refractivity contribution in [1.82, 2.24) is 9.88 Å². The Morgan fingerprint density at radius 1 is 1.24 bits per heavy atom. The number of amides is 1. The SMILES string of the molecule is CCc1cccc(C)c1-n1c(C)cc(/C=C(/C#N)C(=O)NC2CCCCC2)c1C. The van der Waals surface area contributed by atoms with Gasteiger partial charge in [0.15, 0.2) is 0 Å². The van der Waals surface area contributed by atoms with Crippen LogP contribution in [0.1, 0.15) is 67.1 Å². The normalized spacial score (nSPS) is 15.2. The Balaban J connectivity index is 1.95. The fraction of sp³-hybridized carbons (Fsp3) is 0.440. The fourth-order valence-electron chi connectivity index (χ4n) is 4.42. The maximum absolute atomic E-state index is 12.7. The summed E-state index contributed by atoms with van der Waals surface area (Å²) in [6, 6.07) is 10.7. The molecule has 0 atom stereocenters. The first kappa shape index (κ1) is 20.9. The lowest BCUT2D eigenvalue weighted by molar-refractivity contribution is -0.117. The Labute approximate surface area is 174 Å². The van der Waals surface area contributed by atoms with Crippen LogP contribution in [0.25, 0.3) is 11.8 Å². The van der Waals surface area contributed by atoms with Crippen LogP contribution in [0.4, 0.5) is 0 Å². The Hall–Kier alpha value is -2.80. The Morgan fingerprint density at radius 3 is 2.62 bits per heavy atom. The summed E-state index contributed by atoms with van der Waals surface area (Å²) in [5, 5.41) is 12.7. The van der Waals surface area contributed by atoms with Gasteiger partial charge in [0.1, 0.15) is 11.6 Å². The average Bonchev–Trinajstić information content (AvgIpc) is 2.99. The third kappa shape index (κ3) is 4.45. The summed E-state index contributed by atoms with van der Waals surface area (Å²) < 4.78 is 2.24. The summed E-state index contributed by atoms with van der Waals surface area (Å²) in [6.07, 6.45) is 8.23. The monoisotopic (exact) mass is 389 g/mol. The summed E-state index contributed by atoms with van der Waals surface area (Å²) in [7, 11) is 0. The number of nitriles is 1. The molecule has 1 amide bonds.